The summed E-state index contributed by atoms with van der Waals surface area (Å²) in [6.45, 7) is 0.324. The molecule has 1 heterocycles. The average molecular weight is 364 g/mol. The molecule has 0 spiro atoms. The minimum Gasteiger partial charge on any atom is -0.487 e. The van der Waals surface area contributed by atoms with Gasteiger partial charge in [-0.2, -0.15) is 0 Å². The molecule has 2 N–H and O–H groups in total. The highest BCUT2D eigenvalue weighted by molar-refractivity contribution is 9.10. The lowest BCUT2D eigenvalue weighted by Gasteiger charge is -2.10. The van der Waals surface area contributed by atoms with Crippen molar-refractivity contribution in [3.8, 4) is 5.75 Å². The summed E-state index contributed by atoms with van der Waals surface area (Å²) in [6.07, 6.45) is 0. The van der Waals surface area contributed by atoms with Crippen molar-refractivity contribution in [2.45, 2.75) is 6.61 Å². The second-order valence-electron chi connectivity index (χ2n) is 4.59. The SMILES string of the molecule is Nc1nc2ccccc2cc1COc1ccc(Br)cc1Cl. The van der Waals surface area contributed by atoms with Crippen LogP contribution in [0.4, 0.5) is 5.82 Å². The van der Waals surface area contributed by atoms with E-state index in [1.165, 1.54) is 0 Å². The third-order valence-corrected chi connectivity index (χ3v) is 3.90. The summed E-state index contributed by atoms with van der Waals surface area (Å²) < 4.78 is 6.64. The van der Waals surface area contributed by atoms with Crippen LogP contribution in [-0.4, -0.2) is 4.98 Å². The Labute approximate surface area is 135 Å². The van der Waals surface area contributed by atoms with Crippen LogP contribution in [0.25, 0.3) is 10.9 Å². The van der Waals surface area contributed by atoms with Gasteiger partial charge in [-0.15, -0.1) is 0 Å². The van der Waals surface area contributed by atoms with Crippen LogP contribution in [0.1, 0.15) is 5.56 Å². The van der Waals surface area contributed by atoms with Gasteiger partial charge in [0.15, 0.2) is 0 Å². The fourth-order valence-corrected chi connectivity index (χ4v) is 2.77. The molecule has 3 aromatic rings. The van der Waals surface area contributed by atoms with Crippen LogP contribution in [0.15, 0.2) is 53.0 Å². The van der Waals surface area contributed by atoms with Gasteiger partial charge in [0.2, 0.25) is 0 Å². The molecule has 0 saturated carbocycles. The second-order valence-corrected chi connectivity index (χ2v) is 5.91. The number of rotatable bonds is 3. The molecule has 0 saturated heterocycles. The molecule has 0 radical (unpaired) electrons. The van der Waals surface area contributed by atoms with Gasteiger partial charge in [-0.25, -0.2) is 4.98 Å². The largest absolute Gasteiger partial charge is 0.487 e. The molecule has 5 heteroatoms. The van der Waals surface area contributed by atoms with E-state index in [-0.39, 0.29) is 0 Å². The van der Waals surface area contributed by atoms with Gasteiger partial charge in [0, 0.05) is 15.4 Å². The molecule has 106 valence electrons. The fourth-order valence-electron chi connectivity index (χ4n) is 2.04. The van der Waals surface area contributed by atoms with Crippen LogP contribution in [0, 0.1) is 0 Å². The maximum Gasteiger partial charge on any atom is 0.138 e. The molecule has 2 aromatic carbocycles. The number of ether oxygens (including phenoxy) is 1. The smallest absolute Gasteiger partial charge is 0.138 e. The standard InChI is InChI=1S/C16H12BrClN2O/c17-12-5-6-15(13(18)8-12)21-9-11-7-10-3-1-2-4-14(10)20-16(11)19/h1-8H,9H2,(H2,19,20). The van der Waals surface area contributed by atoms with Gasteiger partial charge in [0.1, 0.15) is 18.2 Å². The van der Waals surface area contributed by atoms with Crippen LogP contribution in [0.2, 0.25) is 5.02 Å². The van der Waals surface area contributed by atoms with Gasteiger partial charge in [0.05, 0.1) is 10.5 Å². The van der Waals surface area contributed by atoms with E-state index in [0.29, 0.717) is 23.2 Å². The van der Waals surface area contributed by atoms with E-state index in [1.54, 1.807) is 6.07 Å². The molecule has 21 heavy (non-hydrogen) atoms. The highest BCUT2D eigenvalue weighted by atomic mass is 79.9. The van der Waals surface area contributed by atoms with Gasteiger partial charge >= 0.3 is 0 Å². The Bertz CT molecular complexity index is 807. The Hall–Kier alpha value is -1.78. The molecular formula is C16H12BrClN2O. The first kappa shape index (κ1) is 14.2. The van der Waals surface area contributed by atoms with Gasteiger partial charge in [-0.05, 0) is 30.3 Å². The van der Waals surface area contributed by atoms with E-state index in [0.717, 1.165) is 20.9 Å². The molecule has 0 unspecified atom stereocenters. The van der Waals surface area contributed by atoms with Crippen molar-refractivity contribution in [3.63, 3.8) is 0 Å². The summed E-state index contributed by atoms with van der Waals surface area (Å²) >= 11 is 9.49. The number of benzene rings is 2. The molecule has 0 aliphatic carbocycles. The number of anilines is 1. The second kappa shape index (κ2) is 5.92. The molecule has 0 amide bonds. The summed E-state index contributed by atoms with van der Waals surface area (Å²) in [7, 11) is 0. The number of fused-ring (bicyclic) bond motifs is 1. The Morgan fingerprint density at radius 1 is 1.14 bits per heavy atom. The van der Waals surface area contributed by atoms with Crippen molar-refractivity contribution in [2.75, 3.05) is 5.73 Å². The Balaban J connectivity index is 1.86. The molecular weight excluding hydrogens is 352 g/mol. The van der Waals surface area contributed by atoms with Gasteiger partial charge < -0.3 is 10.5 Å². The van der Waals surface area contributed by atoms with Gasteiger partial charge in [-0.1, -0.05) is 45.7 Å². The van der Waals surface area contributed by atoms with E-state index in [9.17, 15) is 0 Å². The van der Waals surface area contributed by atoms with Crippen LogP contribution < -0.4 is 10.5 Å². The van der Waals surface area contributed by atoms with E-state index < -0.39 is 0 Å². The third-order valence-electron chi connectivity index (χ3n) is 3.11. The Kier molecular flexibility index (Phi) is 3.99. The van der Waals surface area contributed by atoms with E-state index in [4.69, 9.17) is 22.1 Å². The predicted molar refractivity (Wildman–Crippen MR) is 89.6 cm³/mol. The number of hydrogen-bond donors (Lipinski definition) is 1. The van der Waals surface area contributed by atoms with Crippen LogP contribution in [0.5, 0.6) is 5.75 Å². The van der Waals surface area contributed by atoms with E-state index >= 15 is 0 Å². The van der Waals surface area contributed by atoms with Crippen LogP contribution in [0.3, 0.4) is 0 Å². The highest BCUT2D eigenvalue weighted by Crippen LogP contribution is 2.29. The number of hydrogen-bond acceptors (Lipinski definition) is 3. The number of nitrogens with zero attached hydrogens (tertiary/aromatic N) is 1. The van der Waals surface area contributed by atoms with Crippen molar-refractivity contribution in [1.82, 2.24) is 4.98 Å². The van der Waals surface area contributed by atoms with Crippen LogP contribution >= 0.6 is 27.5 Å². The zero-order chi connectivity index (χ0) is 14.8. The van der Waals surface area contributed by atoms with E-state index in [2.05, 4.69) is 20.9 Å². The zero-order valence-corrected chi connectivity index (χ0v) is 13.4. The summed E-state index contributed by atoms with van der Waals surface area (Å²) in [4.78, 5) is 4.38. The fraction of sp³-hybridized carbons (Fsp3) is 0.0625. The maximum atomic E-state index is 6.13. The topological polar surface area (TPSA) is 48.1 Å². The molecule has 0 bridgehead atoms. The molecule has 3 nitrogen and oxygen atoms in total. The van der Waals surface area contributed by atoms with Gasteiger partial charge in [-0.3, -0.25) is 0 Å². The molecule has 3 rings (SSSR count). The average Bonchev–Trinajstić information content (AvgIpc) is 2.46. The molecule has 1 aromatic heterocycles. The van der Waals surface area contributed by atoms with Gasteiger partial charge in [0.25, 0.3) is 0 Å². The molecule has 0 aliphatic heterocycles. The van der Waals surface area contributed by atoms with Crippen molar-refractivity contribution in [2.24, 2.45) is 0 Å². The zero-order valence-electron chi connectivity index (χ0n) is 11.0. The lowest BCUT2D eigenvalue weighted by molar-refractivity contribution is 0.307. The summed E-state index contributed by atoms with van der Waals surface area (Å²) in [5.74, 6) is 1.09. The Morgan fingerprint density at radius 3 is 2.76 bits per heavy atom. The summed E-state index contributed by atoms with van der Waals surface area (Å²) in [6, 6.07) is 15.3. The first-order chi connectivity index (χ1) is 10.1. The molecule has 0 fully saturated rings. The quantitative estimate of drug-likeness (QED) is 0.726. The lowest BCUT2D eigenvalue weighted by Crippen LogP contribution is -2.03. The van der Waals surface area contributed by atoms with Crippen molar-refractivity contribution < 1.29 is 4.74 Å². The highest BCUT2D eigenvalue weighted by Gasteiger charge is 2.07. The van der Waals surface area contributed by atoms with Crippen LogP contribution in [-0.2, 0) is 6.61 Å². The minimum absolute atomic E-state index is 0.324. The van der Waals surface area contributed by atoms with Crippen molar-refractivity contribution >= 4 is 44.3 Å². The summed E-state index contributed by atoms with van der Waals surface area (Å²) in [5.41, 5.74) is 7.70. The van der Waals surface area contributed by atoms with Crippen molar-refractivity contribution in [1.29, 1.82) is 0 Å². The first-order valence-electron chi connectivity index (χ1n) is 6.35. The number of aromatic nitrogens is 1. The number of halogens is 2. The minimum atomic E-state index is 0.324. The van der Waals surface area contributed by atoms with E-state index in [1.807, 2.05) is 42.5 Å². The van der Waals surface area contributed by atoms with Crippen molar-refractivity contribution in [3.05, 3.63) is 63.6 Å². The number of nitrogen functional groups attached to an aromatic ring is 1. The summed E-state index contributed by atoms with van der Waals surface area (Å²) in [5, 5.41) is 1.59. The third kappa shape index (κ3) is 3.12. The normalized spacial score (nSPS) is 10.8. The Morgan fingerprint density at radius 2 is 1.95 bits per heavy atom. The molecule has 0 atom stereocenters. The number of para-hydroxylation sites is 1. The molecule has 0 aliphatic rings. The maximum absolute atomic E-state index is 6.13. The predicted octanol–water partition coefficient (Wildman–Crippen LogP) is 4.81. The monoisotopic (exact) mass is 362 g/mol. The number of nitrogens with two attached hydrogens (primary N) is 1. The first-order valence-corrected chi connectivity index (χ1v) is 7.52. The number of pyridine rings is 1. The lowest BCUT2D eigenvalue weighted by atomic mass is 10.1.